The van der Waals surface area contributed by atoms with Gasteiger partial charge in [0, 0.05) is 26.2 Å². The third-order valence-corrected chi connectivity index (χ3v) is 4.45. The van der Waals surface area contributed by atoms with Gasteiger partial charge in [0.05, 0.1) is 0 Å². The second-order valence-corrected chi connectivity index (χ2v) is 6.93. The molecule has 118 valence electrons. The molecule has 2 atom stereocenters. The normalized spacial score (nSPS) is 23.6. The molecule has 1 saturated carbocycles. The Morgan fingerprint density at radius 3 is 2.80 bits per heavy atom. The van der Waals surface area contributed by atoms with Gasteiger partial charge in [-0.2, -0.15) is 0 Å². The van der Waals surface area contributed by atoms with Crippen molar-refractivity contribution >= 4 is 5.91 Å². The van der Waals surface area contributed by atoms with E-state index in [1.165, 1.54) is 6.42 Å². The second-order valence-electron chi connectivity index (χ2n) is 6.93. The monoisotopic (exact) mass is 284 g/mol. The molecule has 0 spiro atoms. The zero-order valence-corrected chi connectivity index (χ0v) is 13.4. The summed E-state index contributed by atoms with van der Waals surface area (Å²) in [6.07, 6.45) is 6.47. The van der Waals surface area contributed by atoms with Gasteiger partial charge in [0.1, 0.15) is 0 Å². The number of rotatable bonds is 8. The van der Waals surface area contributed by atoms with Gasteiger partial charge in [-0.25, -0.2) is 0 Å². The molecule has 0 aromatic rings. The molecule has 0 bridgehead atoms. The van der Waals surface area contributed by atoms with Gasteiger partial charge >= 0.3 is 0 Å². The molecule has 0 radical (unpaired) electrons. The average molecular weight is 284 g/mol. The number of nitrogens with two attached hydrogens (primary N) is 1. The summed E-state index contributed by atoms with van der Waals surface area (Å²) in [7, 11) is 1.72. The molecule has 1 amide bonds. The van der Waals surface area contributed by atoms with E-state index in [0.717, 1.165) is 51.8 Å². The van der Waals surface area contributed by atoms with Crippen LogP contribution in [0.3, 0.4) is 0 Å². The predicted molar refractivity (Wildman–Crippen MR) is 82.4 cm³/mol. The van der Waals surface area contributed by atoms with Crippen molar-refractivity contribution < 1.29 is 9.53 Å². The fourth-order valence-electron chi connectivity index (χ4n) is 2.96. The summed E-state index contributed by atoms with van der Waals surface area (Å²) in [6, 6.07) is 0. The van der Waals surface area contributed by atoms with E-state index in [2.05, 4.69) is 19.2 Å². The van der Waals surface area contributed by atoms with Gasteiger partial charge in [-0.3, -0.25) is 4.79 Å². The second kappa shape index (κ2) is 8.63. The molecule has 3 N–H and O–H groups in total. The minimum Gasteiger partial charge on any atom is -0.385 e. The molecule has 1 aliphatic rings. The smallest absolute Gasteiger partial charge is 0.223 e. The van der Waals surface area contributed by atoms with E-state index in [9.17, 15) is 4.79 Å². The Hall–Kier alpha value is -0.610. The molecule has 4 heteroatoms. The number of ether oxygens (including phenoxy) is 1. The van der Waals surface area contributed by atoms with Crippen LogP contribution in [0.15, 0.2) is 0 Å². The number of amides is 1. The molecule has 1 fully saturated rings. The predicted octanol–water partition coefficient (Wildman–Crippen LogP) is 2.32. The van der Waals surface area contributed by atoms with Crippen molar-refractivity contribution in [1.82, 2.24) is 5.32 Å². The van der Waals surface area contributed by atoms with Crippen LogP contribution in [-0.4, -0.2) is 32.7 Å². The Bertz CT molecular complexity index is 290. The van der Waals surface area contributed by atoms with Crippen LogP contribution in [0.4, 0.5) is 0 Å². The van der Waals surface area contributed by atoms with Gasteiger partial charge in [-0.1, -0.05) is 26.7 Å². The van der Waals surface area contributed by atoms with Gasteiger partial charge in [-0.05, 0) is 43.6 Å². The van der Waals surface area contributed by atoms with Crippen molar-refractivity contribution in [3.05, 3.63) is 0 Å². The summed E-state index contributed by atoms with van der Waals surface area (Å²) >= 11 is 0. The van der Waals surface area contributed by atoms with Crippen molar-refractivity contribution in [3.63, 3.8) is 0 Å². The number of nitrogens with one attached hydrogen (secondary N) is 1. The van der Waals surface area contributed by atoms with Crippen LogP contribution in [0, 0.1) is 17.3 Å². The highest BCUT2D eigenvalue weighted by molar-refractivity contribution is 5.78. The third-order valence-electron chi connectivity index (χ3n) is 4.45. The standard InChI is InChI=1S/C16H32N2O2/c1-16(2,8-10-20-3)12-18-15(19)14-6-4-5-13(11-14)7-9-17/h13-14H,4-12,17H2,1-3H3,(H,18,19). The molecule has 4 nitrogen and oxygen atoms in total. The molecule has 0 heterocycles. The minimum absolute atomic E-state index is 0.0942. The van der Waals surface area contributed by atoms with E-state index in [0.29, 0.717) is 5.92 Å². The Labute approximate surface area is 123 Å². The number of methoxy groups -OCH3 is 1. The molecule has 1 aliphatic carbocycles. The largest absolute Gasteiger partial charge is 0.385 e. The first-order chi connectivity index (χ1) is 9.48. The molecular formula is C16H32N2O2. The topological polar surface area (TPSA) is 64.3 Å². The quantitative estimate of drug-likeness (QED) is 0.719. The first-order valence-corrected chi connectivity index (χ1v) is 7.95. The SMILES string of the molecule is COCCC(C)(C)CNC(=O)C1CCCC(CCN)C1. The Morgan fingerprint density at radius 1 is 1.40 bits per heavy atom. The van der Waals surface area contributed by atoms with Crippen LogP contribution in [0.1, 0.15) is 52.4 Å². The maximum Gasteiger partial charge on any atom is 0.223 e. The van der Waals surface area contributed by atoms with Crippen molar-refractivity contribution in [1.29, 1.82) is 0 Å². The van der Waals surface area contributed by atoms with Crippen LogP contribution in [0.2, 0.25) is 0 Å². The molecule has 2 unspecified atom stereocenters. The maximum atomic E-state index is 12.3. The average Bonchev–Trinajstić information content (AvgIpc) is 2.43. The highest BCUT2D eigenvalue weighted by atomic mass is 16.5. The number of carbonyl (C=O) groups excluding carboxylic acids is 1. The summed E-state index contributed by atoms with van der Waals surface area (Å²) < 4.78 is 5.12. The van der Waals surface area contributed by atoms with E-state index in [1.807, 2.05) is 0 Å². The van der Waals surface area contributed by atoms with Gasteiger partial charge in [0.15, 0.2) is 0 Å². The van der Waals surface area contributed by atoms with Gasteiger partial charge in [0.2, 0.25) is 5.91 Å². The lowest BCUT2D eigenvalue weighted by atomic mass is 9.79. The first kappa shape index (κ1) is 17.4. The minimum atomic E-state index is 0.0942. The van der Waals surface area contributed by atoms with Crippen molar-refractivity contribution in [2.75, 3.05) is 26.8 Å². The van der Waals surface area contributed by atoms with Gasteiger partial charge in [-0.15, -0.1) is 0 Å². The summed E-state index contributed by atoms with van der Waals surface area (Å²) in [5, 5.41) is 3.14. The molecule has 0 aromatic carbocycles. The van der Waals surface area contributed by atoms with Crippen LogP contribution in [0.5, 0.6) is 0 Å². The summed E-state index contributed by atoms with van der Waals surface area (Å²) in [4.78, 5) is 12.3. The lowest BCUT2D eigenvalue weighted by Crippen LogP contribution is -2.39. The molecule has 0 aromatic heterocycles. The van der Waals surface area contributed by atoms with Gasteiger partial charge < -0.3 is 15.8 Å². The molecule has 0 saturated heterocycles. The van der Waals surface area contributed by atoms with Crippen molar-refractivity contribution in [2.45, 2.75) is 52.4 Å². The van der Waals surface area contributed by atoms with E-state index in [-0.39, 0.29) is 17.2 Å². The lowest BCUT2D eigenvalue weighted by Gasteiger charge is -2.30. The summed E-state index contributed by atoms with van der Waals surface area (Å²) in [5.41, 5.74) is 5.73. The molecule has 20 heavy (non-hydrogen) atoms. The maximum absolute atomic E-state index is 12.3. The zero-order valence-electron chi connectivity index (χ0n) is 13.4. The van der Waals surface area contributed by atoms with Crippen LogP contribution in [0.25, 0.3) is 0 Å². The Morgan fingerprint density at radius 2 is 2.15 bits per heavy atom. The van der Waals surface area contributed by atoms with Crippen LogP contribution < -0.4 is 11.1 Å². The highest BCUT2D eigenvalue weighted by Gasteiger charge is 2.28. The van der Waals surface area contributed by atoms with Crippen LogP contribution in [-0.2, 0) is 9.53 Å². The summed E-state index contributed by atoms with van der Waals surface area (Å²) in [5.74, 6) is 1.07. The Kier molecular flexibility index (Phi) is 7.52. The third kappa shape index (κ3) is 6.23. The number of carbonyl (C=O) groups is 1. The Balaban J connectivity index is 2.34. The van der Waals surface area contributed by atoms with Crippen molar-refractivity contribution in [2.24, 2.45) is 23.0 Å². The van der Waals surface area contributed by atoms with E-state index >= 15 is 0 Å². The van der Waals surface area contributed by atoms with Crippen LogP contribution >= 0.6 is 0 Å². The lowest BCUT2D eigenvalue weighted by molar-refractivity contribution is -0.127. The number of hydrogen-bond acceptors (Lipinski definition) is 3. The zero-order chi connectivity index (χ0) is 15.0. The summed E-state index contributed by atoms with van der Waals surface area (Å²) in [6.45, 7) is 6.55. The van der Waals surface area contributed by atoms with Gasteiger partial charge in [0.25, 0.3) is 0 Å². The fraction of sp³-hybridized carbons (Fsp3) is 0.938. The molecular weight excluding hydrogens is 252 g/mol. The fourth-order valence-corrected chi connectivity index (χ4v) is 2.96. The highest BCUT2D eigenvalue weighted by Crippen LogP contribution is 2.31. The molecule has 1 rings (SSSR count). The van der Waals surface area contributed by atoms with E-state index in [4.69, 9.17) is 10.5 Å². The van der Waals surface area contributed by atoms with E-state index in [1.54, 1.807) is 7.11 Å². The molecule has 0 aliphatic heterocycles. The number of hydrogen-bond donors (Lipinski definition) is 2. The van der Waals surface area contributed by atoms with Crippen molar-refractivity contribution in [3.8, 4) is 0 Å². The van der Waals surface area contributed by atoms with E-state index < -0.39 is 0 Å². The first-order valence-electron chi connectivity index (χ1n) is 7.95.